The average Bonchev–Trinajstić information content (AvgIpc) is 3.00. The van der Waals surface area contributed by atoms with Crippen molar-refractivity contribution < 1.29 is 26.1 Å². The molecule has 1 heterocycles. The number of sulfonamides is 2. The smallest absolute Gasteiger partial charge is 0.241 e. The maximum absolute atomic E-state index is 11.8. The van der Waals surface area contributed by atoms with Gasteiger partial charge in [-0.1, -0.05) is 23.4 Å². The largest absolute Gasteiger partial charge is 0.495 e. The molecule has 0 spiro atoms. The van der Waals surface area contributed by atoms with E-state index in [0.717, 1.165) is 0 Å². The Bertz CT molecular complexity index is 1260. The first-order chi connectivity index (χ1) is 13.5. The van der Waals surface area contributed by atoms with Crippen LogP contribution in [0.25, 0.3) is 11.1 Å². The van der Waals surface area contributed by atoms with E-state index in [2.05, 4.69) is 5.16 Å². The van der Waals surface area contributed by atoms with Crippen LogP contribution in [-0.2, 0) is 26.5 Å². The van der Waals surface area contributed by atoms with E-state index in [1.54, 1.807) is 25.1 Å². The lowest BCUT2D eigenvalue weighted by atomic mass is 9.99. The van der Waals surface area contributed by atoms with Gasteiger partial charge in [0, 0.05) is 12.0 Å². The maximum atomic E-state index is 11.8. The van der Waals surface area contributed by atoms with Gasteiger partial charge in [0.15, 0.2) is 0 Å². The predicted molar refractivity (Wildman–Crippen MR) is 105 cm³/mol. The first kappa shape index (κ1) is 21.0. The number of nitrogens with zero attached hydrogens (tertiary/aromatic N) is 1. The van der Waals surface area contributed by atoms with Crippen LogP contribution in [-0.4, -0.2) is 29.1 Å². The molecule has 0 radical (unpaired) electrons. The van der Waals surface area contributed by atoms with Gasteiger partial charge in [-0.2, -0.15) is 0 Å². The molecule has 0 aliphatic rings. The summed E-state index contributed by atoms with van der Waals surface area (Å²) in [6.45, 7) is 1.73. The molecule has 0 aliphatic carbocycles. The molecule has 11 heteroatoms. The Balaban J connectivity index is 2.01. The molecule has 9 nitrogen and oxygen atoms in total. The highest BCUT2D eigenvalue weighted by atomic mass is 32.2. The van der Waals surface area contributed by atoms with Crippen LogP contribution < -0.4 is 15.0 Å². The van der Waals surface area contributed by atoms with Crippen molar-refractivity contribution in [3.05, 3.63) is 59.5 Å². The second kappa shape index (κ2) is 7.59. The molecule has 0 saturated heterocycles. The Labute approximate surface area is 168 Å². The molecule has 0 atom stereocenters. The summed E-state index contributed by atoms with van der Waals surface area (Å²) in [6.07, 6.45) is 0.260. The Kier molecular flexibility index (Phi) is 5.50. The highest BCUT2D eigenvalue weighted by molar-refractivity contribution is 7.89. The third-order valence-electron chi connectivity index (χ3n) is 4.31. The van der Waals surface area contributed by atoms with E-state index in [0.29, 0.717) is 28.1 Å². The number of ether oxygens (including phenoxy) is 1. The van der Waals surface area contributed by atoms with Crippen LogP contribution in [0.15, 0.2) is 56.8 Å². The number of aryl methyl sites for hydroxylation is 1. The summed E-state index contributed by atoms with van der Waals surface area (Å²) < 4.78 is 56.9. The van der Waals surface area contributed by atoms with Crippen molar-refractivity contribution in [3.63, 3.8) is 0 Å². The SMILES string of the molecule is COc1ccc(Cc2noc(C)c2-c2ccc(S(N)(=O)=O)cc2)cc1S(N)(=O)=O. The van der Waals surface area contributed by atoms with E-state index in [9.17, 15) is 16.8 Å². The van der Waals surface area contributed by atoms with Crippen molar-refractivity contribution >= 4 is 20.0 Å². The van der Waals surface area contributed by atoms with E-state index < -0.39 is 20.0 Å². The molecule has 0 fully saturated rings. The predicted octanol–water partition coefficient (Wildman–Crippen LogP) is 1.54. The summed E-state index contributed by atoms with van der Waals surface area (Å²) in [6, 6.07) is 10.6. The van der Waals surface area contributed by atoms with Crippen molar-refractivity contribution in [3.8, 4) is 16.9 Å². The number of benzene rings is 2. The van der Waals surface area contributed by atoms with Crippen LogP contribution in [0.2, 0.25) is 0 Å². The number of nitrogens with two attached hydrogens (primary N) is 2. The Morgan fingerprint density at radius 2 is 1.66 bits per heavy atom. The lowest BCUT2D eigenvalue weighted by Gasteiger charge is -2.09. The zero-order valence-corrected chi connectivity index (χ0v) is 17.2. The molecule has 3 aromatic rings. The molecule has 4 N–H and O–H groups in total. The summed E-state index contributed by atoms with van der Waals surface area (Å²) in [4.78, 5) is -0.137. The molecule has 0 saturated carbocycles. The third-order valence-corrected chi connectivity index (χ3v) is 6.17. The molecule has 2 aromatic carbocycles. The molecule has 0 unspecified atom stereocenters. The summed E-state index contributed by atoms with van der Waals surface area (Å²) in [5.74, 6) is 0.676. The van der Waals surface area contributed by atoms with E-state index >= 15 is 0 Å². The zero-order chi connectivity index (χ0) is 21.4. The highest BCUT2D eigenvalue weighted by Gasteiger charge is 2.19. The lowest BCUT2D eigenvalue weighted by Crippen LogP contribution is -2.14. The summed E-state index contributed by atoms with van der Waals surface area (Å²) in [7, 11) is -6.42. The van der Waals surface area contributed by atoms with Gasteiger partial charge in [-0.25, -0.2) is 27.1 Å². The van der Waals surface area contributed by atoms with E-state index in [4.69, 9.17) is 19.5 Å². The highest BCUT2D eigenvalue weighted by Crippen LogP contribution is 2.31. The fourth-order valence-corrected chi connectivity index (χ4v) is 4.23. The normalized spacial score (nSPS) is 12.1. The molecule has 0 amide bonds. The first-order valence-corrected chi connectivity index (χ1v) is 11.4. The first-order valence-electron chi connectivity index (χ1n) is 8.29. The Morgan fingerprint density at radius 1 is 1.00 bits per heavy atom. The van der Waals surface area contributed by atoms with Gasteiger partial charge >= 0.3 is 0 Å². The summed E-state index contributed by atoms with van der Waals surface area (Å²) in [5.41, 5.74) is 2.55. The number of hydrogen-bond acceptors (Lipinski definition) is 7. The number of methoxy groups -OCH3 is 1. The molecule has 0 aliphatic heterocycles. The molecule has 154 valence electrons. The van der Waals surface area contributed by atoms with Crippen molar-refractivity contribution in [2.45, 2.75) is 23.1 Å². The molecule has 3 rings (SSSR count). The second-order valence-corrected chi connectivity index (χ2v) is 9.43. The third kappa shape index (κ3) is 4.48. The number of hydrogen-bond donors (Lipinski definition) is 2. The standard InChI is InChI=1S/C18H19N3O6S2/c1-11-18(13-4-6-14(7-5-13)28(19,22)23)15(21-27-11)9-12-3-8-16(26-2)17(10-12)29(20,24)25/h3-8,10H,9H2,1-2H3,(H2,19,22,23)(H2,20,24,25). The quantitative estimate of drug-likeness (QED) is 0.592. The summed E-state index contributed by atoms with van der Waals surface area (Å²) in [5, 5.41) is 14.5. The van der Waals surface area contributed by atoms with Crippen molar-refractivity contribution in [1.82, 2.24) is 5.16 Å². The summed E-state index contributed by atoms with van der Waals surface area (Å²) >= 11 is 0. The Hall–Kier alpha value is -2.73. The maximum Gasteiger partial charge on any atom is 0.241 e. The van der Waals surface area contributed by atoms with Crippen LogP contribution >= 0.6 is 0 Å². The number of primary sulfonamides is 2. The second-order valence-electron chi connectivity index (χ2n) is 6.34. The minimum atomic E-state index is -3.97. The minimum absolute atomic E-state index is 0.00939. The van der Waals surface area contributed by atoms with E-state index in [1.807, 2.05) is 0 Å². The van der Waals surface area contributed by atoms with Crippen LogP contribution in [0.5, 0.6) is 5.75 Å². The van der Waals surface area contributed by atoms with Gasteiger partial charge in [0.1, 0.15) is 16.4 Å². The van der Waals surface area contributed by atoms with Crippen molar-refractivity contribution in [2.24, 2.45) is 10.3 Å². The van der Waals surface area contributed by atoms with Crippen LogP contribution in [0, 0.1) is 6.92 Å². The van der Waals surface area contributed by atoms with Crippen LogP contribution in [0.3, 0.4) is 0 Å². The zero-order valence-electron chi connectivity index (χ0n) is 15.6. The van der Waals surface area contributed by atoms with E-state index in [-0.39, 0.29) is 22.0 Å². The lowest BCUT2D eigenvalue weighted by molar-refractivity contribution is 0.392. The molecular formula is C18H19N3O6S2. The fraction of sp³-hybridized carbons (Fsp3) is 0.167. The molecule has 1 aromatic heterocycles. The minimum Gasteiger partial charge on any atom is -0.495 e. The number of rotatable bonds is 6. The fourth-order valence-electron chi connectivity index (χ4n) is 2.97. The topological polar surface area (TPSA) is 156 Å². The monoisotopic (exact) mass is 437 g/mol. The van der Waals surface area contributed by atoms with Gasteiger partial charge in [0.05, 0.1) is 17.7 Å². The number of aromatic nitrogens is 1. The molecular weight excluding hydrogens is 418 g/mol. The average molecular weight is 437 g/mol. The van der Waals surface area contributed by atoms with Crippen LogP contribution in [0.4, 0.5) is 0 Å². The molecule has 29 heavy (non-hydrogen) atoms. The Morgan fingerprint density at radius 3 is 2.21 bits per heavy atom. The van der Waals surface area contributed by atoms with Gasteiger partial charge in [0.25, 0.3) is 0 Å². The van der Waals surface area contributed by atoms with Gasteiger partial charge in [-0.15, -0.1) is 0 Å². The van der Waals surface area contributed by atoms with Crippen LogP contribution in [0.1, 0.15) is 17.0 Å². The van der Waals surface area contributed by atoms with Crippen molar-refractivity contribution in [2.75, 3.05) is 7.11 Å². The van der Waals surface area contributed by atoms with Gasteiger partial charge < -0.3 is 9.26 Å². The van der Waals surface area contributed by atoms with Gasteiger partial charge in [-0.05, 0) is 42.3 Å². The molecule has 0 bridgehead atoms. The van der Waals surface area contributed by atoms with Gasteiger partial charge in [-0.3, -0.25) is 0 Å². The van der Waals surface area contributed by atoms with Gasteiger partial charge in [0.2, 0.25) is 20.0 Å². The van der Waals surface area contributed by atoms with Crippen molar-refractivity contribution in [1.29, 1.82) is 0 Å². The van der Waals surface area contributed by atoms with E-state index in [1.165, 1.54) is 31.4 Å².